The van der Waals surface area contributed by atoms with Crippen molar-refractivity contribution in [1.82, 2.24) is 15.0 Å². The van der Waals surface area contributed by atoms with Gasteiger partial charge in [-0.05, 0) is 24.0 Å². The van der Waals surface area contributed by atoms with Gasteiger partial charge in [-0.1, -0.05) is 13.8 Å². The first-order chi connectivity index (χ1) is 6.75. The second-order valence-corrected chi connectivity index (χ2v) is 3.88. The van der Waals surface area contributed by atoms with Crippen LogP contribution in [0.1, 0.15) is 19.4 Å². The van der Waals surface area contributed by atoms with Gasteiger partial charge in [-0.25, -0.2) is 15.0 Å². The summed E-state index contributed by atoms with van der Waals surface area (Å²) < 4.78 is 0. The Morgan fingerprint density at radius 3 is 2.86 bits per heavy atom. The molecule has 0 aliphatic carbocycles. The van der Waals surface area contributed by atoms with E-state index in [-0.39, 0.29) is 0 Å². The van der Waals surface area contributed by atoms with E-state index in [1.807, 2.05) is 6.20 Å². The summed E-state index contributed by atoms with van der Waals surface area (Å²) >= 11 is 0. The summed E-state index contributed by atoms with van der Waals surface area (Å²) in [7, 11) is 0. The summed E-state index contributed by atoms with van der Waals surface area (Å²) in [6, 6.07) is 2.11. The van der Waals surface area contributed by atoms with Crippen LogP contribution in [0.25, 0.3) is 11.0 Å². The van der Waals surface area contributed by atoms with Crippen LogP contribution in [0.4, 0.5) is 0 Å². The Balaban J connectivity index is 2.41. The zero-order valence-electron chi connectivity index (χ0n) is 8.44. The zero-order chi connectivity index (χ0) is 9.97. The summed E-state index contributed by atoms with van der Waals surface area (Å²) in [5, 5.41) is 1.02. The van der Waals surface area contributed by atoms with E-state index in [4.69, 9.17) is 0 Å². The van der Waals surface area contributed by atoms with Crippen molar-refractivity contribution < 1.29 is 0 Å². The molecular weight excluding hydrogens is 174 g/mol. The zero-order valence-corrected chi connectivity index (χ0v) is 8.44. The highest BCUT2D eigenvalue weighted by molar-refractivity contribution is 5.73. The van der Waals surface area contributed by atoms with Crippen molar-refractivity contribution in [2.24, 2.45) is 5.92 Å². The average molecular weight is 187 g/mol. The molecular formula is C11H13N3. The van der Waals surface area contributed by atoms with Gasteiger partial charge in [0.25, 0.3) is 0 Å². The largest absolute Gasteiger partial charge is 0.244 e. The van der Waals surface area contributed by atoms with Gasteiger partial charge in [0.05, 0.1) is 0 Å². The molecule has 0 spiro atoms. The molecule has 0 bridgehead atoms. The van der Waals surface area contributed by atoms with Crippen molar-refractivity contribution in [3.05, 3.63) is 30.4 Å². The van der Waals surface area contributed by atoms with E-state index in [1.54, 1.807) is 6.20 Å². The van der Waals surface area contributed by atoms with Crippen molar-refractivity contribution in [3.8, 4) is 0 Å². The monoisotopic (exact) mass is 187 g/mol. The van der Waals surface area contributed by atoms with Crippen molar-refractivity contribution in [1.29, 1.82) is 0 Å². The second-order valence-electron chi connectivity index (χ2n) is 3.88. The van der Waals surface area contributed by atoms with E-state index in [9.17, 15) is 0 Å². The van der Waals surface area contributed by atoms with E-state index in [1.165, 1.54) is 11.9 Å². The number of hydrogen-bond acceptors (Lipinski definition) is 3. The predicted octanol–water partition coefficient (Wildman–Crippen LogP) is 2.22. The maximum Gasteiger partial charge on any atom is 0.162 e. The normalized spacial score (nSPS) is 11.1. The minimum atomic E-state index is 0.652. The molecule has 0 aromatic carbocycles. The molecule has 0 N–H and O–H groups in total. The van der Waals surface area contributed by atoms with Crippen LogP contribution < -0.4 is 0 Å². The fourth-order valence-electron chi connectivity index (χ4n) is 1.51. The topological polar surface area (TPSA) is 38.7 Å². The SMILES string of the molecule is CC(C)Cc1cnc2ncncc2c1. The number of rotatable bonds is 2. The quantitative estimate of drug-likeness (QED) is 0.723. The Bertz CT molecular complexity index is 437. The molecule has 2 aromatic rings. The summed E-state index contributed by atoms with van der Waals surface area (Å²) in [6.45, 7) is 4.40. The molecule has 2 heterocycles. The number of pyridine rings is 1. The lowest BCUT2D eigenvalue weighted by molar-refractivity contribution is 0.646. The third kappa shape index (κ3) is 1.87. The van der Waals surface area contributed by atoms with Gasteiger partial charge in [0.1, 0.15) is 6.33 Å². The third-order valence-corrected chi connectivity index (χ3v) is 2.06. The molecule has 3 nitrogen and oxygen atoms in total. The molecule has 0 unspecified atom stereocenters. The number of fused-ring (bicyclic) bond motifs is 1. The average Bonchev–Trinajstić information content (AvgIpc) is 2.17. The summed E-state index contributed by atoms with van der Waals surface area (Å²) in [6.07, 6.45) is 6.28. The van der Waals surface area contributed by atoms with Gasteiger partial charge in [-0.2, -0.15) is 0 Å². The van der Waals surface area contributed by atoms with Crippen LogP contribution in [-0.4, -0.2) is 15.0 Å². The molecule has 0 atom stereocenters. The van der Waals surface area contributed by atoms with Crippen molar-refractivity contribution in [2.45, 2.75) is 20.3 Å². The highest BCUT2D eigenvalue weighted by Crippen LogP contribution is 2.12. The molecule has 0 saturated heterocycles. The Labute approximate surface area is 83.2 Å². The Hall–Kier alpha value is -1.51. The molecule has 72 valence electrons. The van der Waals surface area contributed by atoms with Crippen LogP contribution in [-0.2, 0) is 6.42 Å². The van der Waals surface area contributed by atoms with E-state index in [2.05, 4.69) is 34.9 Å². The minimum absolute atomic E-state index is 0.652. The smallest absolute Gasteiger partial charge is 0.162 e. The molecule has 14 heavy (non-hydrogen) atoms. The lowest BCUT2D eigenvalue weighted by atomic mass is 10.0. The number of aromatic nitrogens is 3. The summed E-state index contributed by atoms with van der Waals surface area (Å²) in [5.74, 6) is 0.652. The maximum atomic E-state index is 4.28. The maximum absolute atomic E-state index is 4.28. The Morgan fingerprint density at radius 2 is 2.07 bits per heavy atom. The van der Waals surface area contributed by atoms with Gasteiger partial charge < -0.3 is 0 Å². The summed E-state index contributed by atoms with van der Waals surface area (Å²) in [5.41, 5.74) is 2.02. The Morgan fingerprint density at radius 1 is 1.21 bits per heavy atom. The van der Waals surface area contributed by atoms with Crippen molar-refractivity contribution in [3.63, 3.8) is 0 Å². The molecule has 0 radical (unpaired) electrons. The minimum Gasteiger partial charge on any atom is -0.244 e. The molecule has 0 amide bonds. The fraction of sp³-hybridized carbons (Fsp3) is 0.364. The first-order valence-electron chi connectivity index (χ1n) is 4.80. The van der Waals surface area contributed by atoms with Crippen molar-refractivity contribution >= 4 is 11.0 Å². The highest BCUT2D eigenvalue weighted by atomic mass is 14.9. The standard InChI is InChI=1S/C11H13N3/c1-8(2)3-9-4-10-6-12-7-14-11(10)13-5-9/h4-8H,3H2,1-2H3. The predicted molar refractivity (Wildman–Crippen MR) is 55.9 cm³/mol. The third-order valence-electron chi connectivity index (χ3n) is 2.06. The highest BCUT2D eigenvalue weighted by Gasteiger charge is 2.00. The lowest BCUT2D eigenvalue weighted by Crippen LogP contribution is -1.95. The van der Waals surface area contributed by atoms with Crippen LogP contribution in [0.2, 0.25) is 0 Å². The van der Waals surface area contributed by atoms with Crippen molar-refractivity contribution in [2.75, 3.05) is 0 Å². The van der Waals surface area contributed by atoms with Crippen LogP contribution in [0.5, 0.6) is 0 Å². The van der Waals surface area contributed by atoms with E-state index >= 15 is 0 Å². The first-order valence-corrected chi connectivity index (χ1v) is 4.80. The Kier molecular flexibility index (Phi) is 2.39. The van der Waals surface area contributed by atoms with E-state index in [0.29, 0.717) is 5.92 Å². The van der Waals surface area contributed by atoms with Crippen LogP contribution in [0.15, 0.2) is 24.8 Å². The van der Waals surface area contributed by atoms with Gasteiger partial charge in [0, 0.05) is 17.8 Å². The molecule has 0 saturated carbocycles. The van der Waals surface area contributed by atoms with E-state index < -0.39 is 0 Å². The van der Waals surface area contributed by atoms with Crippen LogP contribution in [0, 0.1) is 5.92 Å². The fourth-order valence-corrected chi connectivity index (χ4v) is 1.51. The summed E-state index contributed by atoms with van der Waals surface area (Å²) in [4.78, 5) is 12.3. The molecule has 0 aliphatic heterocycles. The molecule has 3 heteroatoms. The van der Waals surface area contributed by atoms with Gasteiger partial charge in [-0.15, -0.1) is 0 Å². The lowest BCUT2D eigenvalue weighted by Gasteiger charge is -2.04. The number of hydrogen-bond donors (Lipinski definition) is 0. The number of nitrogens with zero attached hydrogens (tertiary/aromatic N) is 3. The van der Waals surface area contributed by atoms with Gasteiger partial charge in [0.2, 0.25) is 0 Å². The molecule has 0 aliphatic rings. The van der Waals surface area contributed by atoms with E-state index in [0.717, 1.165) is 17.5 Å². The van der Waals surface area contributed by atoms with Crippen LogP contribution >= 0.6 is 0 Å². The van der Waals surface area contributed by atoms with Gasteiger partial charge >= 0.3 is 0 Å². The van der Waals surface area contributed by atoms with Crippen LogP contribution in [0.3, 0.4) is 0 Å². The molecule has 0 fully saturated rings. The molecule has 2 rings (SSSR count). The van der Waals surface area contributed by atoms with Gasteiger partial charge in [-0.3, -0.25) is 0 Å². The first kappa shape index (κ1) is 9.06. The molecule has 2 aromatic heterocycles. The second kappa shape index (κ2) is 3.70. The van der Waals surface area contributed by atoms with Gasteiger partial charge in [0.15, 0.2) is 5.65 Å².